The molecular formula is C9H13N3O4S2. The van der Waals surface area contributed by atoms with Crippen molar-refractivity contribution in [2.24, 2.45) is 0 Å². The highest BCUT2D eigenvalue weighted by molar-refractivity contribution is 7.91. The molecule has 100 valence electrons. The van der Waals surface area contributed by atoms with E-state index >= 15 is 0 Å². The summed E-state index contributed by atoms with van der Waals surface area (Å²) in [5.74, 6) is 0. The largest absolute Gasteiger partial charge is 0.374 e. The van der Waals surface area contributed by atoms with E-state index in [1.807, 2.05) is 6.92 Å². The molecule has 0 aliphatic heterocycles. The van der Waals surface area contributed by atoms with Gasteiger partial charge in [-0.3, -0.25) is 10.1 Å². The van der Waals surface area contributed by atoms with Gasteiger partial charge in [0.25, 0.3) is 10.0 Å². The van der Waals surface area contributed by atoms with Gasteiger partial charge in [0.2, 0.25) is 0 Å². The van der Waals surface area contributed by atoms with Crippen LogP contribution in [0.3, 0.4) is 0 Å². The third-order valence-electron chi connectivity index (χ3n) is 2.76. The van der Waals surface area contributed by atoms with Gasteiger partial charge in [0.05, 0.1) is 4.92 Å². The number of anilines is 1. The molecule has 0 unspecified atom stereocenters. The first-order valence-electron chi connectivity index (χ1n) is 5.27. The summed E-state index contributed by atoms with van der Waals surface area (Å²) in [5, 5.41) is 13.6. The summed E-state index contributed by atoms with van der Waals surface area (Å²) in [4.78, 5) is 10.2. The molecule has 0 saturated heterocycles. The second-order valence-corrected chi connectivity index (χ2v) is 7.41. The standard InChI is InChI=1S/C9H13N3O4S2/c1-9(3-4-9)11-18(15,16)7-5-6(12(13)14)8(10-2)17-7/h5,10-11H,3-4H2,1-2H3. The van der Waals surface area contributed by atoms with Gasteiger partial charge >= 0.3 is 5.69 Å². The number of hydrogen-bond donors (Lipinski definition) is 2. The summed E-state index contributed by atoms with van der Waals surface area (Å²) < 4.78 is 26.6. The lowest BCUT2D eigenvalue weighted by Gasteiger charge is -2.09. The van der Waals surface area contributed by atoms with Gasteiger partial charge in [0.15, 0.2) is 5.00 Å². The third kappa shape index (κ3) is 2.47. The van der Waals surface area contributed by atoms with Gasteiger partial charge in [0, 0.05) is 18.7 Å². The monoisotopic (exact) mass is 291 g/mol. The molecule has 9 heteroatoms. The van der Waals surface area contributed by atoms with Gasteiger partial charge in [-0.15, -0.1) is 0 Å². The Kier molecular flexibility index (Phi) is 3.07. The number of hydrogen-bond acceptors (Lipinski definition) is 6. The SMILES string of the molecule is CNc1sc(S(=O)(=O)NC2(C)CC2)cc1[N+](=O)[O-]. The Morgan fingerprint density at radius 2 is 2.11 bits per heavy atom. The van der Waals surface area contributed by atoms with E-state index < -0.39 is 20.5 Å². The van der Waals surface area contributed by atoms with E-state index in [0.717, 1.165) is 30.2 Å². The van der Waals surface area contributed by atoms with Crippen molar-refractivity contribution in [3.8, 4) is 0 Å². The first-order valence-corrected chi connectivity index (χ1v) is 7.57. The smallest absolute Gasteiger partial charge is 0.304 e. The fourth-order valence-electron chi connectivity index (χ4n) is 1.47. The minimum absolute atomic E-state index is 0.0355. The van der Waals surface area contributed by atoms with Crippen LogP contribution in [0.4, 0.5) is 10.7 Å². The van der Waals surface area contributed by atoms with Gasteiger partial charge in [-0.05, 0) is 19.8 Å². The van der Waals surface area contributed by atoms with E-state index in [4.69, 9.17) is 0 Å². The van der Waals surface area contributed by atoms with Crippen LogP contribution in [0.2, 0.25) is 0 Å². The van der Waals surface area contributed by atoms with Crippen LogP contribution in [-0.4, -0.2) is 25.9 Å². The zero-order valence-electron chi connectivity index (χ0n) is 9.89. The van der Waals surface area contributed by atoms with Crippen molar-refractivity contribution in [1.29, 1.82) is 0 Å². The van der Waals surface area contributed by atoms with Crippen LogP contribution in [0.1, 0.15) is 19.8 Å². The highest BCUT2D eigenvalue weighted by Crippen LogP contribution is 2.40. The van der Waals surface area contributed by atoms with E-state index in [1.54, 1.807) is 0 Å². The maximum atomic E-state index is 12.0. The lowest BCUT2D eigenvalue weighted by Crippen LogP contribution is -2.33. The normalized spacial score (nSPS) is 17.4. The lowest BCUT2D eigenvalue weighted by atomic mass is 10.4. The van der Waals surface area contributed by atoms with E-state index in [9.17, 15) is 18.5 Å². The van der Waals surface area contributed by atoms with Crippen molar-refractivity contribution >= 4 is 32.0 Å². The molecular weight excluding hydrogens is 278 g/mol. The number of rotatable bonds is 5. The number of nitrogens with one attached hydrogen (secondary N) is 2. The average Bonchev–Trinajstić information content (AvgIpc) is 2.83. The molecule has 0 amide bonds. The lowest BCUT2D eigenvalue weighted by molar-refractivity contribution is -0.383. The Labute approximate surface area is 108 Å². The second-order valence-electron chi connectivity index (χ2n) is 4.45. The third-order valence-corrected chi connectivity index (χ3v) is 6.01. The van der Waals surface area contributed by atoms with Gasteiger partial charge in [-0.1, -0.05) is 11.3 Å². The molecule has 1 fully saturated rings. The first kappa shape index (κ1) is 13.2. The molecule has 2 N–H and O–H groups in total. The Hall–Kier alpha value is -1.19. The fraction of sp³-hybridized carbons (Fsp3) is 0.556. The van der Waals surface area contributed by atoms with Crippen molar-refractivity contribution in [1.82, 2.24) is 4.72 Å². The molecule has 7 nitrogen and oxygen atoms in total. The Morgan fingerprint density at radius 3 is 2.50 bits per heavy atom. The molecule has 18 heavy (non-hydrogen) atoms. The summed E-state index contributed by atoms with van der Waals surface area (Å²) in [5.41, 5.74) is -0.610. The van der Waals surface area contributed by atoms with Gasteiger partial charge in [-0.2, -0.15) is 0 Å². The Balaban J connectivity index is 2.36. The molecule has 1 aromatic heterocycles. The molecule has 1 saturated carbocycles. The molecule has 0 atom stereocenters. The number of nitro groups is 1. The second kappa shape index (κ2) is 4.18. The van der Waals surface area contributed by atoms with Crippen molar-refractivity contribution < 1.29 is 13.3 Å². The van der Waals surface area contributed by atoms with Crippen LogP contribution in [0.25, 0.3) is 0 Å². The molecule has 0 spiro atoms. The van der Waals surface area contributed by atoms with Crippen LogP contribution in [0, 0.1) is 10.1 Å². The van der Waals surface area contributed by atoms with Crippen LogP contribution >= 0.6 is 11.3 Å². The van der Waals surface area contributed by atoms with E-state index in [0.29, 0.717) is 0 Å². The molecule has 0 bridgehead atoms. The molecule has 2 rings (SSSR count). The van der Waals surface area contributed by atoms with E-state index in [2.05, 4.69) is 10.0 Å². The minimum Gasteiger partial charge on any atom is -0.374 e. The van der Waals surface area contributed by atoms with Crippen LogP contribution < -0.4 is 10.0 Å². The molecule has 1 aliphatic carbocycles. The van der Waals surface area contributed by atoms with Crippen LogP contribution in [0.5, 0.6) is 0 Å². The number of sulfonamides is 1. The average molecular weight is 291 g/mol. The van der Waals surface area contributed by atoms with Crippen molar-refractivity contribution in [3.05, 3.63) is 16.2 Å². The van der Waals surface area contributed by atoms with E-state index in [-0.39, 0.29) is 14.9 Å². The van der Waals surface area contributed by atoms with Gasteiger partial charge in [-0.25, -0.2) is 13.1 Å². The topological polar surface area (TPSA) is 101 Å². The summed E-state index contributed by atoms with van der Waals surface area (Å²) in [7, 11) is -2.16. The number of nitrogens with zero attached hydrogens (tertiary/aromatic N) is 1. The quantitative estimate of drug-likeness (QED) is 0.632. The zero-order valence-corrected chi connectivity index (χ0v) is 11.5. The molecule has 1 aliphatic rings. The summed E-state index contributed by atoms with van der Waals surface area (Å²) in [6, 6.07) is 1.09. The maximum Gasteiger partial charge on any atom is 0.304 e. The minimum atomic E-state index is -3.68. The van der Waals surface area contributed by atoms with Crippen LogP contribution in [-0.2, 0) is 10.0 Å². The predicted molar refractivity (Wildman–Crippen MR) is 68.5 cm³/mol. The van der Waals surface area contributed by atoms with E-state index in [1.165, 1.54) is 7.05 Å². The Morgan fingerprint density at radius 1 is 1.50 bits per heavy atom. The van der Waals surface area contributed by atoms with Crippen molar-refractivity contribution in [3.63, 3.8) is 0 Å². The van der Waals surface area contributed by atoms with Crippen molar-refractivity contribution in [2.45, 2.75) is 29.5 Å². The highest BCUT2D eigenvalue weighted by atomic mass is 32.2. The Bertz CT molecular complexity index is 589. The van der Waals surface area contributed by atoms with Gasteiger partial charge < -0.3 is 5.32 Å². The first-order chi connectivity index (χ1) is 8.27. The van der Waals surface area contributed by atoms with Crippen LogP contribution in [0.15, 0.2) is 10.3 Å². The predicted octanol–water partition coefficient (Wildman–Crippen LogP) is 1.53. The molecule has 0 aromatic carbocycles. The number of thiophene rings is 1. The van der Waals surface area contributed by atoms with Gasteiger partial charge in [0.1, 0.15) is 4.21 Å². The zero-order chi connectivity index (χ0) is 13.6. The maximum absolute atomic E-state index is 12.0. The molecule has 0 radical (unpaired) electrons. The highest BCUT2D eigenvalue weighted by Gasteiger charge is 2.42. The fourth-order valence-corrected chi connectivity index (χ4v) is 4.22. The molecule has 1 heterocycles. The summed E-state index contributed by atoms with van der Waals surface area (Å²) in [6.07, 6.45) is 1.58. The molecule has 1 aromatic rings. The summed E-state index contributed by atoms with van der Waals surface area (Å²) in [6.45, 7) is 1.81. The summed E-state index contributed by atoms with van der Waals surface area (Å²) >= 11 is 0.860. The van der Waals surface area contributed by atoms with Crippen molar-refractivity contribution in [2.75, 3.05) is 12.4 Å².